The summed E-state index contributed by atoms with van der Waals surface area (Å²) in [5.41, 5.74) is 2.34. The molecule has 1 heterocycles. The summed E-state index contributed by atoms with van der Waals surface area (Å²) in [6.45, 7) is 2.07. The number of H-pyrrole nitrogens is 1. The molecule has 0 atom stereocenters. The number of aryl methyl sites for hydroxylation is 1. The Bertz CT molecular complexity index is 436. The van der Waals surface area contributed by atoms with Crippen LogP contribution < -0.4 is 0 Å². The fraction of sp³-hybridized carbons (Fsp3) is 0.125. The van der Waals surface area contributed by atoms with Gasteiger partial charge in [0.1, 0.15) is 3.70 Å². The summed E-state index contributed by atoms with van der Waals surface area (Å²) in [4.78, 5) is 0. The van der Waals surface area contributed by atoms with Gasteiger partial charge in [0.2, 0.25) is 0 Å². The number of fused-ring (bicyclic) bond motifs is 1. The number of benzene rings is 1. The van der Waals surface area contributed by atoms with Crippen LogP contribution in [0.25, 0.3) is 10.9 Å². The molecule has 0 amide bonds. The lowest BCUT2D eigenvalue weighted by atomic mass is 10.2. The van der Waals surface area contributed by atoms with E-state index in [0.29, 0.717) is 0 Å². The van der Waals surface area contributed by atoms with Crippen molar-refractivity contribution >= 4 is 49.4 Å². The highest BCUT2D eigenvalue weighted by molar-refractivity contribution is 14.1. The molecule has 0 radical (unpaired) electrons. The van der Waals surface area contributed by atoms with E-state index in [1.54, 1.807) is 0 Å². The average molecular weight is 337 g/mol. The maximum atomic E-state index is 4.14. The van der Waals surface area contributed by atoms with Crippen molar-refractivity contribution in [2.45, 2.75) is 6.92 Å². The van der Waals surface area contributed by atoms with Crippen LogP contribution in [0.3, 0.4) is 0 Å². The second kappa shape index (κ2) is 2.99. The van der Waals surface area contributed by atoms with Crippen LogP contribution in [0.4, 0.5) is 0 Å². The Labute approximate surface area is 92.0 Å². The number of halogens is 2. The molecule has 0 saturated heterocycles. The molecule has 2 rings (SSSR count). The van der Waals surface area contributed by atoms with Gasteiger partial charge in [-0.3, -0.25) is 5.10 Å². The number of rotatable bonds is 0. The number of aromatic amines is 1. The lowest BCUT2D eigenvalue weighted by molar-refractivity contribution is 1.09. The summed E-state index contributed by atoms with van der Waals surface area (Å²) in [5.74, 6) is 0. The van der Waals surface area contributed by atoms with E-state index >= 15 is 0 Å². The molecule has 0 aliphatic carbocycles. The van der Waals surface area contributed by atoms with Crippen molar-refractivity contribution in [3.8, 4) is 0 Å². The lowest BCUT2D eigenvalue weighted by Crippen LogP contribution is -1.76. The first kappa shape index (κ1) is 8.50. The quantitative estimate of drug-likeness (QED) is 0.735. The monoisotopic (exact) mass is 336 g/mol. The molecule has 1 aromatic heterocycles. The summed E-state index contributed by atoms with van der Waals surface area (Å²) in [6, 6.07) is 4.16. The summed E-state index contributed by atoms with van der Waals surface area (Å²) in [7, 11) is 0. The zero-order valence-electron chi connectivity index (χ0n) is 6.36. The minimum atomic E-state index is 1.02. The van der Waals surface area contributed by atoms with Gasteiger partial charge in [-0.2, -0.15) is 5.10 Å². The van der Waals surface area contributed by atoms with Crippen LogP contribution in [-0.4, -0.2) is 10.2 Å². The number of nitrogens with one attached hydrogen (secondary N) is 1. The second-order valence-corrected chi connectivity index (χ2v) is 4.60. The van der Waals surface area contributed by atoms with Crippen molar-refractivity contribution in [2.24, 2.45) is 0 Å². The Hall–Kier alpha value is -0.100. The fourth-order valence-electron chi connectivity index (χ4n) is 1.22. The Morgan fingerprint density at radius 3 is 3.00 bits per heavy atom. The third kappa shape index (κ3) is 1.26. The highest BCUT2D eigenvalue weighted by atomic mass is 127. The molecule has 0 aliphatic rings. The first-order chi connectivity index (χ1) is 5.68. The van der Waals surface area contributed by atoms with Crippen molar-refractivity contribution in [3.63, 3.8) is 0 Å². The van der Waals surface area contributed by atoms with Crippen LogP contribution in [-0.2, 0) is 0 Å². The van der Waals surface area contributed by atoms with Gasteiger partial charge in [-0.1, -0.05) is 15.9 Å². The summed E-state index contributed by atoms with van der Waals surface area (Å²) < 4.78 is 2.12. The Morgan fingerprint density at radius 2 is 2.25 bits per heavy atom. The van der Waals surface area contributed by atoms with Gasteiger partial charge in [0.25, 0.3) is 0 Å². The first-order valence-corrected chi connectivity index (χ1v) is 5.35. The molecule has 1 aromatic carbocycles. The van der Waals surface area contributed by atoms with Crippen molar-refractivity contribution < 1.29 is 0 Å². The van der Waals surface area contributed by atoms with Gasteiger partial charge in [0.15, 0.2) is 0 Å². The molecule has 0 bridgehead atoms. The molecule has 1 N–H and O–H groups in total. The second-order valence-electron chi connectivity index (χ2n) is 2.66. The van der Waals surface area contributed by atoms with Crippen molar-refractivity contribution in [1.29, 1.82) is 0 Å². The van der Waals surface area contributed by atoms with Crippen LogP contribution in [0.1, 0.15) is 5.56 Å². The zero-order chi connectivity index (χ0) is 8.72. The predicted molar refractivity (Wildman–Crippen MR) is 61.2 cm³/mol. The van der Waals surface area contributed by atoms with Crippen molar-refractivity contribution in [3.05, 3.63) is 25.9 Å². The number of nitrogens with zero attached hydrogens (tertiary/aromatic N) is 1. The highest BCUT2D eigenvalue weighted by Gasteiger charge is 2.05. The van der Waals surface area contributed by atoms with Gasteiger partial charge < -0.3 is 0 Å². The maximum absolute atomic E-state index is 4.14. The Morgan fingerprint density at radius 1 is 1.50 bits per heavy atom. The molecule has 0 aliphatic heterocycles. The SMILES string of the molecule is Cc1cc(Br)cc2c(I)n[nH]c12. The van der Waals surface area contributed by atoms with E-state index in [2.05, 4.69) is 67.8 Å². The topological polar surface area (TPSA) is 28.7 Å². The van der Waals surface area contributed by atoms with Crippen molar-refractivity contribution in [1.82, 2.24) is 10.2 Å². The van der Waals surface area contributed by atoms with Gasteiger partial charge in [-0.15, -0.1) is 0 Å². The van der Waals surface area contributed by atoms with Gasteiger partial charge in [-0.25, -0.2) is 0 Å². The Kier molecular flexibility index (Phi) is 2.12. The van der Waals surface area contributed by atoms with E-state index in [9.17, 15) is 0 Å². The zero-order valence-corrected chi connectivity index (χ0v) is 10.1. The number of aromatic nitrogens is 2. The molecule has 0 fully saturated rings. The summed E-state index contributed by atoms with van der Waals surface area (Å²) in [5, 5.41) is 8.33. The minimum Gasteiger partial charge on any atom is -0.276 e. The van der Waals surface area contributed by atoms with E-state index in [4.69, 9.17) is 0 Å². The van der Waals surface area contributed by atoms with E-state index < -0.39 is 0 Å². The van der Waals surface area contributed by atoms with Gasteiger partial charge in [-0.05, 0) is 47.2 Å². The van der Waals surface area contributed by atoms with E-state index in [1.807, 2.05) is 0 Å². The lowest BCUT2D eigenvalue weighted by Gasteiger charge is -1.96. The standard InChI is InChI=1S/C8H6BrIN2/c1-4-2-5(9)3-6-7(4)11-12-8(6)10/h2-3H,1H3,(H,11,12). The number of hydrogen-bond acceptors (Lipinski definition) is 1. The third-order valence-corrected chi connectivity index (χ3v) is 3.07. The number of hydrogen-bond donors (Lipinski definition) is 1. The molecule has 0 saturated carbocycles. The molecule has 12 heavy (non-hydrogen) atoms. The van der Waals surface area contributed by atoms with Crippen LogP contribution in [0, 0.1) is 10.6 Å². The fourth-order valence-corrected chi connectivity index (χ4v) is 2.34. The molecule has 2 aromatic rings. The molecule has 2 nitrogen and oxygen atoms in total. The normalized spacial score (nSPS) is 10.9. The van der Waals surface area contributed by atoms with Crippen LogP contribution in [0.5, 0.6) is 0 Å². The summed E-state index contributed by atoms with van der Waals surface area (Å²) in [6.07, 6.45) is 0. The largest absolute Gasteiger partial charge is 0.276 e. The van der Waals surface area contributed by atoms with E-state index in [0.717, 1.165) is 13.7 Å². The highest BCUT2D eigenvalue weighted by Crippen LogP contribution is 2.25. The van der Waals surface area contributed by atoms with Crippen LogP contribution >= 0.6 is 38.5 Å². The summed E-state index contributed by atoms with van der Waals surface area (Å²) >= 11 is 5.68. The van der Waals surface area contributed by atoms with E-state index in [1.165, 1.54) is 10.9 Å². The van der Waals surface area contributed by atoms with Gasteiger partial charge in [0.05, 0.1) is 5.52 Å². The molecule has 62 valence electrons. The average Bonchev–Trinajstić information content (AvgIpc) is 2.33. The maximum Gasteiger partial charge on any atom is 0.130 e. The smallest absolute Gasteiger partial charge is 0.130 e. The van der Waals surface area contributed by atoms with E-state index in [-0.39, 0.29) is 0 Å². The van der Waals surface area contributed by atoms with Crippen LogP contribution in [0.15, 0.2) is 16.6 Å². The minimum absolute atomic E-state index is 1.02. The molecule has 4 heteroatoms. The Balaban J connectivity index is 2.92. The van der Waals surface area contributed by atoms with Gasteiger partial charge in [0, 0.05) is 9.86 Å². The van der Waals surface area contributed by atoms with Crippen molar-refractivity contribution in [2.75, 3.05) is 0 Å². The van der Waals surface area contributed by atoms with Crippen LogP contribution in [0.2, 0.25) is 0 Å². The predicted octanol–water partition coefficient (Wildman–Crippen LogP) is 3.24. The van der Waals surface area contributed by atoms with Gasteiger partial charge >= 0.3 is 0 Å². The first-order valence-electron chi connectivity index (χ1n) is 3.48. The third-order valence-electron chi connectivity index (χ3n) is 1.79. The molecular weight excluding hydrogens is 331 g/mol. The molecule has 0 unspecified atom stereocenters. The molecular formula is C8H6BrIN2. The molecule has 0 spiro atoms.